The highest BCUT2D eigenvalue weighted by atomic mass is 19.1. The Kier molecular flexibility index (Phi) is 6.05. The number of carbonyl (C=O) groups excluding carboxylic acids is 1. The zero-order valence-electron chi connectivity index (χ0n) is 12.9. The van der Waals surface area contributed by atoms with Gasteiger partial charge >= 0.3 is 6.03 Å². The SMILES string of the molecule is C[C@@H](NC(=O)N[C@H](CO)Cc1ccccc1)c1cncc(F)c1. The second-order valence-corrected chi connectivity index (χ2v) is 5.35. The molecule has 3 N–H and O–H groups in total. The molecule has 2 atom stereocenters. The third-order valence-corrected chi connectivity index (χ3v) is 3.45. The summed E-state index contributed by atoms with van der Waals surface area (Å²) in [6, 6.07) is 9.71. The van der Waals surface area contributed by atoms with Gasteiger partial charge in [0.1, 0.15) is 5.82 Å². The van der Waals surface area contributed by atoms with E-state index in [4.69, 9.17) is 0 Å². The van der Waals surface area contributed by atoms with Crippen molar-refractivity contribution in [3.8, 4) is 0 Å². The Morgan fingerprint density at radius 3 is 2.65 bits per heavy atom. The van der Waals surface area contributed by atoms with E-state index in [1.54, 1.807) is 6.92 Å². The quantitative estimate of drug-likeness (QED) is 0.764. The van der Waals surface area contributed by atoms with Crippen molar-refractivity contribution < 1.29 is 14.3 Å². The van der Waals surface area contributed by atoms with Crippen LogP contribution < -0.4 is 10.6 Å². The topological polar surface area (TPSA) is 74.2 Å². The first-order chi connectivity index (χ1) is 11.1. The van der Waals surface area contributed by atoms with Crippen LogP contribution in [0.2, 0.25) is 0 Å². The van der Waals surface area contributed by atoms with Gasteiger partial charge in [0.15, 0.2) is 0 Å². The number of hydrogen-bond donors (Lipinski definition) is 3. The maximum absolute atomic E-state index is 13.1. The van der Waals surface area contributed by atoms with Gasteiger partial charge in [-0.05, 0) is 30.5 Å². The third kappa shape index (κ3) is 5.34. The Morgan fingerprint density at radius 2 is 2.00 bits per heavy atom. The van der Waals surface area contributed by atoms with E-state index in [0.717, 1.165) is 11.8 Å². The molecule has 0 aliphatic rings. The molecule has 6 heteroatoms. The standard InChI is InChI=1S/C17H20FN3O2/c1-12(14-8-15(18)10-19-9-14)20-17(23)21-16(11-22)7-13-5-3-2-4-6-13/h2-6,8-10,12,16,22H,7,11H2,1H3,(H2,20,21,23)/t12-,16+/m1/s1. The first kappa shape index (κ1) is 16.9. The fourth-order valence-electron chi connectivity index (χ4n) is 2.23. The third-order valence-electron chi connectivity index (χ3n) is 3.45. The molecule has 1 aromatic carbocycles. The predicted molar refractivity (Wildman–Crippen MR) is 85.3 cm³/mol. The van der Waals surface area contributed by atoms with Crippen LogP contribution in [0.5, 0.6) is 0 Å². The van der Waals surface area contributed by atoms with E-state index in [0.29, 0.717) is 12.0 Å². The van der Waals surface area contributed by atoms with Gasteiger partial charge in [0, 0.05) is 6.20 Å². The van der Waals surface area contributed by atoms with Crippen molar-refractivity contribution in [3.05, 3.63) is 65.7 Å². The van der Waals surface area contributed by atoms with Crippen LogP contribution in [0.3, 0.4) is 0 Å². The van der Waals surface area contributed by atoms with Gasteiger partial charge in [-0.15, -0.1) is 0 Å². The molecule has 0 fully saturated rings. The number of benzene rings is 1. The van der Waals surface area contributed by atoms with Crippen LogP contribution >= 0.6 is 0 Å². The van der Waals surface area contributed by atoms with Crippen molar-refractivity contribution in [3.63, 3.8) is 0 Å². The molecule has 2 amide bonds. The molecule has 0 unspecified atom stereocenters. The highest BCUT2D eigenvalue weighted by Gasteiger charge is 2.15. The number of aliphatic hydroxyl groups excluding tert-OH is 1. The molecule has 0 bridgehead atoms. The lowest BCUT2D eigenvalue weighted by Gasteiger charge is -2.20. The van der Waals surface area contributed by atoms with Crippen molar-refractivity contribution in [1.82, 2.24) is 15.6 Å². The van der Waals surface area contributed by atoms with Crippen LogP contribution in [-0.2, 0) is 6.42 Å². The fourth-order valence-corrected chi connectivity index (χ4v) is 2.23. The number of carbonyl (C=O) groups is 1. The van der Waals surface area contributed by atoms with Crippen LogP contribution in [0.15, 0.2) is 48.8 Å². The number of nitrogens with zero attached hydrogens (tertiary/aromatic N) is 1. The van der Waals surface area contributed by atoms with Crippen LogP contribution in [0, 0.1) is 5.82 Å². The van der Waals surface area contributed by atoms with E-state index in [9.17, 15) is 14.3 Å². The molecule has 23 heavy (non-hydrogen) atoms. The van der Waals surface area contributed by atoms with Gasteiger partial charge in [0.2, 0.25) is 0 Å². The number of rotatable bonds is 6. The zero-order chi connectivity index (χ0) is 16.7. The fraction of sp³-hybridized carbons (Fsp3) is 0.294. The first-order valence-electron chi connectivity index (χ1n) is 7.40. The van der Waals surface area contributed by atoms with Crippen molar-refractivity contribution in [1.29, 1.82) is 0 Å². The zero-order valence-corrected chi connectivity index (χ0v) is 12.9. The lowest BCUT2D eigenvalue weighted by atomic mass is 10.1. The summed E-state index contributed by atoms with van der Waals surface area (Å²) in [6.45, 7) is 1.57. The van der Waals surface area contributed by atoms with Gasteiger partial charge < -0.3 is 15.7 Å². The van der Waals surface area contributed by atoms with E-state index in [2.05, 4.69) is 15.6 Å². The first-order valence-corrected chi connectivity index (χ1v) is 7.40. The Bertz CT molecular complexity index is 637. The second-order valence-electron chi connectivity index (χ2n) is 5.35. The maximum Gasteiger partial charge on any atom is 0.315 e. The highest BCUT2D eigenvalue weighted by molar-refractivity contribution is 5.74. The average molecular weight is 317 g/mol. The van der Waals surface area contributed by atoms with Crippen LogP contribution in [-0.4, -0.2) is 28.8 Å². The Balaban J connectivity index is 1.89. The van der Waals surface area contributed by atoms with E-state index < -0.39 is 23.9 Å². The molecule has 2 rings (SSSR count). The summed E-state index contributed by atoms with van der Waals surface area (Å²) in [5.74, 6) is -0.450. The summed E-state index contributed by atoms with van der Waals surface area (Å²) in [5, 5.41) is 14.8. The minimum atomic E-state index is -0.450. The van der Waals surface area contributed by atoms with Crippen molar-refractivity contribution in [2.75, 3.05) is 6.61 Å². The second kappa shape index (κ2) is 8.24. The predicted octanol–water partition coefficient (Wildman–Crippen LogP) is 2.18. The maximum atomic E-state index is 13.1. The molecule has 0 saturated carbocycles. The number of aromatic nitrogens is 1. The Morgan fingerprint density at radius 1 is 1.26 bits per heavy atom. The normalized spacial score (nSPS) is 13.2. The molecule has 0 radical (unpaired) electrons. The summed E-state index contributed by atoms with van der Waals surface area (Å²) in [7, 11) is 0. The summed E-state index contributed by atoms with van der Waals surface area (Å²) >= 11 is 0. The number of halogens is 1. The smallest absolute Gasteiger partial charge is 0.315 e. The van der Waals surface area contributed by atoms with Gasteiger partial charge in [0.05, 0.1) is 24.9 Å². The molecule has 1 heterocycles. The number of pyridine rings is 1. The number of aliphatic hydroxyl groups is 1. The van der Waals surface area contributed by atoms with Gasteiger partial charge in [-0.2, -0.15) is 0 Å². The van der Waals surface area contributed by atoms with Crippen molar-refractivity contribution in [2.45, 2.75) is 25.4 Å². The summed E-state index contributed by atoms with van der Waals surface area (Å²) in [6.07, 6.45) is 3.14. The van der Waals surface area contributed by atoms with E-state index in [1.165, 1.54) is 12.3 Å². The van der Waals surface area contributed by atoms with Gasteiger partial charge in [-0.3, -0.25) is 4.98 Å². The largest absolute Gasteiger partial charge is 0.394 e. The van der Waals surface area contributed by atoms with Crippen LogP contribution in [0.25, 0.3) is 0 Å². The monoisotopic (exact) mass is 317 g/mol. The summed E-state index contributed by atoms with van der Waals surface area (Å²) in [5.41, 5.74) is 1.60. The molecular formula is C17H20FN3O2. The van der Waals surface area contributed by atoms with E-state index in [1.807, 2.05) is 30.3 Å². The lowest BCUT2D eigenvalue weighted by Crippen LogP contribution is -2.45. The summed E-state index contributed by atoms with van der Waals surface area (Å²) < 4.78 is 13.1. The molecule has 122 valence electrons. The van der Waals surface area contributed by atoms with Crippen molar-refractivity contribution in [2.24, 2.45) is 0 Å². The molecular weight excluding hydrogens is 297 g/mol. The highest BCUT2D eigenvalue weighted by Crippen LogP contribution is 2.11. The minimum absolute atomic E-state index is 0.168. The molecule has 0 aliphatic carbocycles. The van der Waals surface area contributed by atoms with E-state index >= 15 is 0 Å². The van der Waals surface area contributed by atoms with Crippen molar-refractivity contribution >= 4 is 6.03 Å². The Hall–Kier alpha value is -2.47. The van der Waals surface area contributed by atoms with Gasteiger partial charge in [-0.1, -0.05) is 30.3 Å². The van der Waals surface area contributed by atoms with Crippen LogP contribution in [0.1, 0.15) is 24.1 Å². The lowest BCUT2D eigenvalue weighted by molar-refractivity contribution is 0.213. The molecule has 0 saturated heterocycles. The molecule has 2 aromatic rings. The van der Waals surface area contributed by atoms with Crippen LogP contribution in [0.4, 0.5) is 9.18 Å². The summed E-state index contributed by atoms with van der Waals surface area (Å²) in [4.78, 5) is 15.8. The number of urea groups is 1. The average Bonchev–Trinajstić information content (AvgIpc) is 2.55. The van der Waals surface area contributed by atoms with E-state index in [-0.39, 0.29) is 6.61 Å². The molecule has 1 aromatic heterocycles. The number of amides is 2. The molecule has 0 aliphatic heterocycles. The molecule has 5 nitrogen and oxygen atoms in total. The number of nitrogens with one attached hydrogen (secondary N) is 2. The van der Waals surface area contributed by atoms with Gasteiger partial charge in [0.25, 0.3) is 0 Å². The minimum Gasteiger partial charge on any atom is -0.394 e. The number of hydrogen-bond acceptors (Lipinski definition) is 3. The Labute approximate surface area is 134 Å². The van der Waals surface area contributed by atoms with Gasteiger partial charge in [-0.25, -0.2) is 9.18 Å². The molecule has 0 spiro atoms.